The predicted molar refractivity (Wildman–Crippen MR) is 273 cm³/mol. The first-order valence-electron chi connectivity index (χ1n) is 22.5. The van der Waals surface area contributed by atoms with Crippen molar-refractivity contribution in [1.29, 1.82) is 0 Å². The number of para-hydroxylation sites is 1. The molecule has 0 saturated heterocycles. The number of hydrogen-bond acceptors (Lipinski definition) is 2. The minimum absolute atomic E-state index is 0.243. The first-order chi connectivity index (χ1) is 32.0. The summed E-state index contributed by atoms with van der Waals surface area (Å²) in [6.45, 7) is 4.77. The summed E-state index contributed by atoms with van der Waals surface area (Å²) in [5.74, 6) is 0. The van der Waals surface area contributed by atoms with E-state index < -0.39 is 0 Å². The average molecular weight is 832 g/mol. The van der Waals surface area contributed by atoms with Gasteiger partial charge in [0.05, 0.1) is 16.8 Å². The fourth-order valence-corrected chi connectivity index (χ4v) is 10.3. The largest absolute Gasteiger partial charge is 0.455 e. The molecule has 1 aliphatic rings. The number of hydrogen-bond donors (Lipinski definition) is 0. The van der Waals surface area contributed by atoms with Crippen molar-refractivity contribution in [3.8, 4) is 66.8 Å². The molecule has 308 valence electrons. The molecule has 1 aromatic heterocycles. The van der Waals surface area contributed by atoms with Crippen LogP contribution in [0.2, 0.25) is 0 Å². The molecule has 0 atom stereocenters. The molecule has 0 radical (unpaired) electrons. The van der Waals surface area contributed by atoms with Crippen molar-refractivity contribution in [2.24, 2.45) is 0 Å². The van der Waals surface area contributed by atoms with Crippen LogP contribution in [0, 0.1) is 0 Å². The van der Waals surface area contributed by atoms with Gasteiger partial charge in [0, 0.05) is 27.6 Å². The molecular formula is C63H45NO. The van der Waals surface area contributed by atoms with Crippen LogP contribution in [0.4, 0.5) is 17.1 Å². The molecule has 2 heteroatoms. The molecule has 1 aliphatic carbocycles. The second kappa shape index (κ2) is 15.6. The molecule has 0 amide bonds. The lowest BCUT2D eigenvalue weighted by molar-refractivity contribution is 0.661. The Kier molecular flexibility index (Phi) is 9.21. The average Bonchev–Trinajstić information content (AvgIpc) is 3.87. The normalized spacial score (nSPS) is 12.6. The highest BCUT2D eigenvalue weighted by Crippen LogP contribution is 2.56. The molecule has 0 N–H and O–H groups in total. The Morgan fingerprint density at radius 2 is 0.862 bits per heavy atom. The Morgan fingerprint density at radius 3 is 1.49 bits per heavy atom. The second-order valence-corrected chi connectivity index (χ2v) is 17.6. The maximum atomic E-state index is 7.04. The van der Waals surface area contributed by atoms with Crippen molar-refractivity contribution in [2.75, 3.05) is 4.90 Å². The molecule has 0 saturated carbocycles. The number of anilines is 3. The summed E-state index contributed by atoms with van der Waals surface area (Å²) >= 11 is 0. The van der Waals surface area contributed by atoms with Crippen molar-refractivity contribution < 1.29 is 4.42 Å². The van der Waals surface area contributed by atoms with E-state index in [1.54, 1.807) is 0 Å². The van der Waals surface area contributed by atoms with Crippen LogP contribution >= 0.6 is 0 Å². The van der Waals surface area contributed by atoms with E-state index in [1.165, 1.54) is 44.5 Å². The van der Waals surface area contributed by atoms with Gasteiger partial charge in [-0.05, 0) is 121 Å². The Bertz CT molecular complexity index is 3540. The molecule has 11 aromatic rings. The third-order valence-corrected chi connectivity index (χ3v) is 13.4. The third-order valence-electron chi connectivity index (χ3n) is 13.4. The highest BCUT2D eigenvalue weighted by molar-refractivity contribution is 6.18. The van der Waals surface area contributed by atoms with Gasteiger partial charge in [-0.15, -0.1) is 0 Å². The van der Waals surface area contributed by atoms with Gasteiger partial charge < -0.3 is 9.32 Å². The summed E-state index contributed by atoms with van der Waals surface area (Å²) in [5, 5.41) is 2.14. The zero-order chi connectivity index (χ0) is 43.5. The number of nitrogens with zero attached hydrogens (tertiary/aromatic N) is 1. The van der Waals surface area contributed by atoms with Crippen molar-refractivity contribution in [1.82, 2.24) is 0 Å². The molecule has 65 heavy (non-hydrogen) atoms. The quantitative estimate of drug-likeness (QED) is 0.152. The maximum absolute atomic E-state index is 7.04. The minimum atomic E-state index is -0.243. The van der Waals surface area contributed by atoms with Crippen LogP contribution in [0.5, 0.6) is 0 Å². The summed E-state index contributed by atoms with van der Waals surface area (Å²) in [4.78, 5) is 2.48. The van der Waals surface area contributed by atoms with Crippen LogP contribution in [0.25, 0.3) is 88.7 Å². The lowest BCUT2D eigenvalue weighted by atomic mass is 9.80. The van der Waals surface area contributed by atoms with E-state index in [-0.39, 0.29) is 5.41 Å². The molecule has 10 aromatic carbocycles. The summed E-state index contributed by atoms with van der Waals surface area (Å²) in [7, 11) is 0. The molecular weight excluding hydrogens is 787 g/mol. The fourth-order valence-electron chi connectivity index (χ4n) is 10.3. The standard InChI is InChI=1S/C63H45NO/c1-63(2)55-36-35-49(41-53(55)60-51(45-27-14-6-15-28-45)37-48(40-56(60)63)43-23-10-4-11-24-43)64(57-32-19-18-31-50(57)44-25-12-5-13-26-44)58-33-20-34-59-61(58)54-39-47(42-21-8-3-9-22-42)38-52(62(54)65-59)46-29-16-7-17-30-46/h3-41H,1-2H3. The number of rotatable bonds is 8. The summed E-state index contributed by atoms with van der Waals surface area (Å²) in [6, 6.07) is 85.7. The van der Waals surface area contributed by atoms with E-state index in [4.69, 9.17) is 4.42 Å². The van der Waals surface area contributed by atoms with Crippen LogP contribution in [-0.2, 0) is 5.41 Å². The predicted octanol–water partition coefficient (Wildman–Crippen LogP) is 17.7. The van der Waals surface area contributed by atoms with Crippen LogP contribution in [0.1, 0.15) is 25.0 Å². The topological polar surface area (TPSA) is 16.4 Å². The number of fused-ring (bicyclic) bond motifs is 6. The van der Waals surface area contributed by atoms with Gasteiger partial charge in [-0.1, -0.05) is 196 Å². The summed E-state index contributed by atoms with van der Waals surface area (Å²) in [6.07, 6.45) is 0. The zero-order valence-corrected chi connectivity index (χ0v) is 36.4. The van der Waals surface area contributed by atoms with Gasteiger partial charge in [0.25, 0.3) is 0 Å². The molecule has 0 aliphatic heterocycles. The molecule has 0 fully saturated rings. The Morgan fingerprint density at radius 1 is 0.354 bits per heavy atom. The van der Waals surface area contributed by atoms with Crippen molar-refractivity contribution in [3.63, 3.8) is 0 Å². The maximum Gasteiger partial charge on any atom is 0.143 e. The van der Waals surface area contributed by atoms with Crippen LogP contribution in [0.15, 0.2) is 241 Å². The molecule has 0 spiro atoms. The molecule has 1 heterocycles. The highest BCUT2D eigenvalue weighted by atomic mass is 16.3. The van der Waals surface area contributed by atoms with Crippen LogP contribution < -0.4 is 4.90 Å². The number of benzene rings is 10. The lowest BCUT2D eigenvalue weighted by Crippen LogP contribution is -2.16. The third kappa shape index (κ3) is 6.49. The zero-order valence-electron chi connectivity index (χ0n) is 36.4. The monoisotopic (exact) mass is 831 g/mol. The second-order valence-electron chi connectivity index (χ2n) is 17.6. The van der Waals surface area contributed by atoms with Gasteiger partial charge in [-0.3, -0.25) is 0 Å². The highest BCUT2D eigenvalue weighted by Gasteiger charge is 2.38. The smallest absolute Gasteiger partial charge is 0.143 e. The molecule has 12 rings (SSSR count). The Labute approximate surface area is 380 Å². The van der Waals surface area contributed by atoms with E-state index in [0.717, 1.165) is 72.4 Å². The first kappa shape index (κ1) is 38.5. The van der Waals surface area contributed by atoms with Crippen molar-refractivity contribution >= 4 is 39.0 Å². The SMILES string of the molecule is CC1(C)c2ccc(N(c3ccccc3-c3ccccc3)c3cccc4oc5c(-c6ccccc6)cc(-c6ccccc6)cc5c34)cc2-c2c(-c3ccccc3)cc(-c3ccccc3)cc21. The van der Waals surface area contributed by atoms with Crippen molar-refractivity contribution in [2.45, 2.75) is 19.3 Å². The van der Waals surface area contributed by atoms with E-state index in [1.807, 2.05) is 0 Å². The van der Waals surface area contributed by atoms with Gasteiger partial charge in [0.2, 0.25) is 0 Å². The van der Waals surface area contributed by atoms with Crippen molar-refractivity contribution in [3.05, 3.63) is 248 Å². The van der Waals surface area contributed by atoms with E-state index in [2.05, 4.69) is 255 Å². The van der Waals surface area contributed by atoms with Crippen LogP contribution in [0.3, 0.4) is 0 Å². The molecule has 2 nitrogen and oxygen atoms in total. The molecule has 0 unspecified atom stereocenters. The summed E-state index contributed by atoms with van der Waals surface area (Å²) in [5.41, 5.74) is 21.6. The minimum Gasteiger partial charge on any atom is -0.455 e. The first-order valence-corrected chi connectivity index (χ1v) is 22.5. The van der Waals surface area contributed by atoms with Gasteiger partial charge in [-0.25, -0.2) is 0 Å². The number of furan rings is 1. The van der Waals surface area contributed by atoms with Gasteiger partial charge in [0.15, 0.2) is 0 Å². The van der Waals surface area contributed by atoms with Gasteiger partial charge in [-0.2, -0.15) is 0 Å². The van der Waals surface area contributed by atoms with E-state index in [0.29, 0.717) is 0 Å². The Balaban J connectivity index is 1.15. The van der Waals surface area contributed by atoms with Gasteiger partial charge >= 0.3 is 0 Å². The molecule has 0 bridgehead atoms. The van der Waals surface area contributed by atoms with Crippen LogP contribution in [-0.4, -0.2) is 0 Å². The van der Waals surface area contributed by atoms with E-state index in [9.17, 15) is 0 Å². The fraction of sp³-hybridized carbons (Fsp3) is 0.0476. The van der Waals surface area contributed by atoms with E-state index >= 15 is 0 Å². The lowest BCUT2D eigenvalue weighted by Gasteiger charge is -2.29. The van der Waals surface area contributed by atoms with Gasteiger partial charge in [0.1, 0.15) is 11.2 Å². The summed E-state index contributed by atoms with van der Waals surface area (Å²) < 4.78 is 7.04. The Hall–Kier alpha value is -8.20.